The Morgan fingerprint density at radius 1 is 1.38 bits per heavy atom. The molecule has 8 nitrogen and oxygen atoms in total. The number of diazo groups is 1. The van der Waals surface area contributed by atoms with Gasteiger partial charge in [0, 0.05) is 12.6 Å². The maximum atomic E-state index is 12.1. The van der Waals surface area contributed by atoms with Crippen molar-refractivity contribution < 1.29 is 18.3 Å². The molecule has 0 spiro atoms. The lowest BCUT2D eigenvalue weighted by Gasteiger charge is -2.12. The van der Waals surface area contributed by atoms with Gasteiger partial charge in [0.1, 0.15) is 0 Å². The molecule has 0 saturated carbocycles. The van der Waals surface area contributed by atoms with E-state index in [0.717, 1.165) is 6.20 Å². The molecular weight excluding hydrogens is 296 g/mol. The normalized spacial score (nSPS) is 13.3. The fourth-order valence-corrected chi connectivity index (χ4v) is 2.67. The number of nitrogens with one attached hydrogen (secondary N) is 2. The second-order valence-corrected chi connectivity index (χ2v) is 5.93. The zero-order valence-corrected chi connectivity index (χ0v) is 12.3. The van der Waals surface area contributed by atoms with Crippen molar-refractivity contribution in [2.45, 2.75) is 24.8 Å². The molecule has 1 rings (SSSR count). The molecule has 0 fully saturated rings. The quantitative estimate of drug-likeness (QED) is 0.562. The van der Waals surface area contributed by atoms with Crippen LogP contribution in [0.1, 0.15) is 13.8 Å². The topological polar surface area (TPSA) is 124 Å². The van der Waals surface area contributed by atoms with Crippen LogP contribution in [-0.2, 0) is 14.8 Å². The third kappa shape index (κ3) is 4.87. The lowest BCUT2D eigenvalue weighted by atomic mass is 10.3. The van der Waals surface area contributed by atoms with Crippen molar-refractivity contribution >= 4 is 21.6 Å². The molecule has 0 heterocycles. The molecule has 0 radical (unpaired) electrons. The highest BCUT2D eigenvalue weighted by Crippen LogP contribution is 2.15. The second-order valence-electron chi connectivity index (χ2n) is 4.22. The first-order chi connectivity index (χ1) is 9.76. The van der Waals surface area contributed by atoms with E-state index in [0.29, 0.717) is 5.69 Å². The van der Waals surface area contributed by atoms with Gasteiger partial charge in [0.05, 0.1) is 10.9 Å². The Morgan fingerprint density at radius 2 is 1.95 bits per heavy atom. The maximum Gasteiger partial charge on any atom is 0.389 e. The number of benzene rings is 1. The molecule has 21 heavy (non-hydrogen) atoms. The summed E-state index contributed by atoms with van der Waals surface area (Å²) in [5.74, 6) is -0.698. The fraction of sp³-hybridized carbons (Fsp3) is 0.250. The smallest absolute Gasteiger partial charge is 0.389 e. The molecule has 0 unspecified atom stereocenters. The number of aliphatic hydroxyl groups excluding tert-OH is 1. The van der Waals surface area contributed by atoms with Crippen LogP contribution in [0.4, 0.5) is 5.69 Å². The van der Waals surface area contributed by atoms with E-state index in [1.54, 1.807) is 0 Å². The van der Waals surface area contributed by atoms with Crippen LogP contribution < -0.4 is 10.0 Å². The van der Waals surface area contributed by atoms with Gasteiger partial charge >= 0.3 is 6.20 Å². The SMILES string of the molecule is CC(=O)Nc1ccc(S(=O)(=O)N[C@H](C)C(O)=C[N+]#N)cc1. The number of rotatable bonds is 5. The fourth-order valence-electron chi connectivity index (χ4n) is 1.45. The summed E-state index contributed by atoms with van der Waals surface area (Å²) in [6.45, 7) is 2.73. The van der Waals surface area contributed by atoms with Gasteiger partial charge < -0.3 is 10.4 Å². The number of sulfonamides is 1. The predicted molar refractivity (Wildman–Crippen MR) is 76.3 cm³/mol. The minimum Gasteiger partial charge on any atom is -0.504 e. The van der Waals surface area contributed by atoms with Gasteiger partial charge in [-0.3, -0.25) is 4.79 Å². The van der Waals surface area contributed by atoms with Gasteiger partial charge in [-0.05, 0) is 31.2 Å². The molecule has 1 atom stereocenters. The van der Waals surface area contributed by atoms with Crippen LogP contribution in [0.15, 0.2) is 41.1 Å². The average molecular weight is 311 g/mol. The summed E-state index contributed by atoms with van der Waals surface area (Å²) >= 11 is 0. The molecule has 0 aliphatic rings. The monoisotopic (exact) mass is 311 g/mol. The molecule has 1 aromatic carbocycles. The van der Waals surface area contributed by atoms with Crippen molar-refractivity contribution in [1.29, 1.82) is 5.39 Å². The molecule has 1 aromatic rings. The van der Waals surface area contributed by atoms with Crippen LogP contribution in [0.25, 0.3) is 4.98 Å². The lowest BCUT2D eigenvalue weighted by Crippen LogP contribution is -2.33. The number of amides is 1. The summed E-state index contributed by atoms with van der Waals surface area (Å²) in [5.41, 5.74) is 0.469. The minimum atomic E-state index is -3.85. The van der Waals surface area contributed by atoms with Crippen molar-refractivity contribution in [3.63, 3.8) is 0 Å². The van der Waals surface area contributed by atoms with Crippen LogP contribution in [0, 0.1) is 5.39 Å². The molecule has 0 bridgehead atoms. The summed E-state index contributed by atoms with van der Waals surface area (Å²) in [6, 6.07) is 4.56. The van der Waals surface area contributed by atoms with Crippen LogP contribution >= 0.6 is 0 Å². The first kappa shape index (κ1) is 16.6. The average Bonchev–Trinajstić information content (AvgIpc) is 2.38. The van der Waals surface area contributed by atoms with Crippen molar-refractivity contribution in [1.82, 2.24) is 4.72 Å². The van der Waals surface area contributed by atoms with Gasteiger partial charge in [-0.15, -0.1) is 0 Å². The standard InChI is InChI=1S/C12H14N4O4S/c1-8(12(18)7-14-13)16-21(19,20)11-5-3-10(4-6-11)15-9(2)17/h3-8,16H,1-2H3,(H-,15,17,18)/p+1/t8-/m1/s1. The first-order valence-corrected chi connectivity index (χ1v) is 7.38. The van der Waals surface area contributed by atoms with Gasteiger partial charge in [0.2, 0.25) is 21.3 Å². The Balaban J connectivity index is 2.91. The number of nitrogens with zero attached hydrogens (tertiary/aromatic N) is 2. The summed E-state index contributed by atoms with van der Waals surface area (Å²) in [7, 11) is -3.85. The highest BCUT2D eigenvalue weighted by Gasteiger charge is 2.21. The van der Waals surface area contributed by atoms with Crippen molar-refractivity contribution in [2.24, 2.45) is 0 Å². The molecule has 0 aliphatic heterocycles. The van der Waals surface area contributed by atoms with E-state index < -0.39 is 21.8 Å². The van der Waals surface area contributed by atoms with Gasteiger partial charge in [-0.25, -0.2) is 13.1 Å². The van der Waals surface area contributed by atoms with E-state index in [1.807, 2.05) is 0 Å². The summed E-state index contributed by atoms with van der Waals surface area (Å²) < 4.78 is 26.3. The molecule has 0 aromatic heterocycles. The van der Waals surface area contributed by atoms with Crippen molar-refractivity contribution in [2.75, 3.05) is 5.32 Å². The number of aliphatic hydroxyl groups is 1. The molecule has 1 amide bonds. The van der Waals surface area contributed by atoms with Gasteiger partial charge in [-0.2, -0.15) is 0 Å². The first-order valence-electron chi connectivity index (χ1n) is 5.89. The lowest BCUT2D eigenvalue weighted by molar-refractivity contribution is -0.114. The van der Waals surface area contributed by atoms with Crippen LogP contribution in [0.5, 0.6) is 0 Å². The van der Waals surface area contributed by atoms with E-state index in [2.05, 4.69) is 15.0 Å². The number of carbonyl (C=O) groups excluding carboxylic acids is 1. The Labute approximate surface area is 122 Å². The number of anilines is 1. The van der Waals surface area contributed by atoms with E-state index in [-0.39, 0.29) is 10.8 Å². The highest BCUT2D eigenvalue weighted by molar-refractivity contribution is 7.89. The van der Waals surface area contributed by atoms with Crippen LogP contribution in [0.3, 0.4) is 0 Å². The van der Waals surface area contributed by atoms with Crippen LogP contribution in [-0.4, -0.2) is 25.5 Å². The Bertz CT molecular complexity index is 689. The number of carbonyl (C=O) groups is 1. The third-order valence-corrected chi connectivity index (χ3v) is 4.01. The Morgan fingerprint density at radius 3 is 2.43 bits per heavy atom. The number of hydrogen-bond acceptors (Lipinski definition) is 5. The zero-order chi connectivity index (χ0) is 16.0. The summed E-state index contributed by atoms with van der Waals surface area (Å²) in [5, 5.41) is 20.2. The minimum absolute atomic E-state index is 0.0304. The molecule has 0 saturated heterocycles. The van der Waals surface area contributed by atoms with E-state index in [1.165, 1.54) is 38.1 Å². The van der Waals surface area contributed by atoms with Crippen molar-refractivity contribution in [3.05, 3.63) is 41.2 Å². The number of hydrogen-bond donors (Lipinski definition) is 3. The molecular formula is C12H15N4O4S+. The maximum absolute atomic E-state index is 12.1. The molecule has 9 heteroatoms. The van der Waals surface area contributed by atoms with Gasteiger partial charge in [0.15, 0.2) is 10.7 Å². The molecule has 0 aliphatic carbocycles. The molecule has 3 N–H and O–H groups in total. The van der Waals surface area contributed by atoms with Crippen LogP contribution in [0.2, 0.25) is 0 Å². The Hall–Kier alpha value is -2.44. The van der Waals surface area contributed by atoms with E-state index in [4.69, 9.17) is 5.39 Å². The molecule has 112 valence electrons. The van der Waals surface area contributed by atoms with Gasteiger partial charge in [-0.1, -0.05) is 0 Å². The third-order valence-electron chi connectivity index (χ3n) is 2.45. The zero-order valence-electron chi connectivity index (χ0n) is 11.4. The summed E-state index contributed by atoms with van der Waals surface area (Å²) in [6.07, 6.45) is 0.729. The van der Waals surface area contributed by atoms with E-state index in [9.17, 15) is 18.3 Å². The second kappa shape index (κ2) is 6.83. The Kier molecular flexibility index (Phi) is 5.40. The largest absolute Gasteiger partial charge is 0.504 e. The predicted octanol–water partition coefficient (Wildman–Crippen LogP) is 1.56. The van der Waals surface area contributed by atoms with E-state index >= 15 is 0 Å². The highest BCUT2D eigenvalue weighted by atomic mass is 32.2. The van der Waals surface area contributed by atoms with Crippen molar-refractivity contribution in [3.8, 4) is 0 Å². The van der Waals surface area contributed by atoms with Gasteiger partial charge in [0.25, 0.3) is 0 Å². The summed E-state index contributed by atoms with van der Waals surface area (Å²) in [4.78, 5) is 13.5.